The zero-order valence-electron chi connectivity index (χ0n) is 33.0. The van der Waals surface area contributed by atoms with Crippen LogP contribution in [-0.4, -0.2) is 78.5 Å². The van der Waals surface area contributed by atoms with Crippen molar-refractivity contribution in [3.63, 3.8) is 0 Å². The maximum atomic E-state index is 14.0. The molecule has 0 aromatic heterocycles. The van der Waals surface area contributed by atoms with Crippen LogP contribution in [0.5, 0.6) is 23.0 Å². The molecule has 0 aliphatic carbocycles. The van der Waals surface area contributed by atoms with Crippen molar-refractivity contribution in [2.75, 3.05) is 71.2 Å². The van der Waals surface area contributed by atoms with Gasteiger partial charge in [-0.25, -0.2) is 9.59 Å². The number of methoxy groups -OCH3 is 2. The summed E-state index contributed by atoms with van der Waals surface area (Å²) in [5, 5.41) is 0. The molecule has 5 aromatic rings. The first kappa shape index (κ1) is 39.8. The van der Waals surface area contributed by atoms with E-state index in [0.717, 1.165) is 45.1 Å². The van der Waals surface area contributed by atoms with E-state index in [1.807, 2.05) is 154 Å². The highest BCUT2D eigenvalue weighted by molar-refractivity contribution is 5.74. The first-order valence-corrected chi connectivity index (χ1v) is 17.9. The lowest BCUT2D eigenvalue weighted by molar-refractivity contribution is 0.144. The Bertz CT molecular complexity index is 1860. The molecule has 288 valence electrons. The number of nitrogens with zero attached hydrogens (tertiary/aromatic N) is 5. The summed E-state index contributed by atoms with van der Waals surface area (Å²) in [6.45, 7) is 1.21. The van der Waals surface area contributed by atoms with Gasteiger partial charge < -0.3 is 33.6 Å². The summed E-state index contributed by atoms with van der Waals surface area (Å²) < 4.78 is 22.8. The summed E-state index contributed by atoms with van der Waals surface area (Å²) in [7, 11) is 14.9. The molecular formula is C44H51N5O6. The van der Waals surface area contributed by atoms with Gasteiger partial charge in [-0.3, -0.25) is 9.80 Å². The minimum atomic E-state index is -0.553. The van der Waals surface area contributed by atoms with Gasteiger partial charge in [0.15, 0.2) is 0 Å². The minimum absolute atomic E-state index is 0.239. The van der Waals surface area contributed by atoms with Crippen LogP contribution in [0.1, 0.15) is 22.3 Å². The van der Waals surface area contributed by atoms with E-state index in [2.05, 4.69) is 0 Å². The van der Waals surface area contributed by atoms with Gasteiger partial charge >= 0.3 is 12.2 Å². The molecule has 2 amide bonds. The molecule has 0 aliphatic rings. The average molecular weight is 746 g/mol. The van der Waals surface area contributed by atoms with E-state index >= 15 is 0 Å². The highest BCUT2D eigenvalue weighted by Gasteiger charge is 2.22. The van der Waals surface area contributed by atoms with Crippen LogP contribution in [0.25, 0.3) is 0 Å². The van der Waals surface area contributed by atoms with Crippen LogP contribution < -0.4 is 33.6 Å². The molecule has 11 nitrogen and oxygen atoms in total. The Labute approximate surface area is 324 Å². The van der Waals surface area contributed by atoms with Crippen molar-refractivity contribution >= 4 is 29.2 Å². The Morgan fingerprint density at radius 2 is 0.691 bits per heavy atom. The van der Waals surface area contributed by atoms with Crippen molar-refractivity contribution in [3.8, 4) is 23.0 Å². The normalized spacial score (nSPS) is 10.6. The third-order valence-electron chi connectivity index (χ3n) is 9.03. The van der Waals surface area contributed by atoms with Crippen molar-refractivity contribution in [1.29, 1.82) is 0 Å². The number of hydrogen-bond donors (Lipinski definition) is 0. The smallest absolute Gasteiger partial charge is 0.415 e. The largest absolute Gasteiger partial charge is 0.497 e. The summed E-state index contributed by atoms with van der Waals surface area (Å²) in [5.41, 5.74) is 6.51. The van der Waals surface area contributed by atoms with E-state index in [4.69, 9.17) is 18.9 Å². The van der Waals surface area contributed by atoms with Crippen molar-refractivity contribution in [2.45, 2.75) is 26.2 Å². The monoisotopic (exact) mass is 745 g/mol. The van der Waals surface area contributed by atoms with Gasteiger partial charge in [-0.2, -0.15) is 0 Å². The van der Waals surface area contributed by atoms with Gasteiger partial charge in [-0.15, -0.1) is 0 Å². The van der Waals surface area contributed by atoms with Crippen LogP contribution in [-0.2, 0) is 26.2 Å². The molecule has 0 heterocycles. The Morgan fingerprint density at radius 3 is 0.964 bits per heavy atom. The number of carbonyl (C=O) groups excluding carboxylic acids is 2. The molecule has 5 rings (SSSR count). The first-order valence-electron chi connectivity index (χ1n) is 17.9. The van der Waals surface area contributed by atoms with Gasteiger partial charge in [-0.1, -0.05) is 48.5 Å². The number of ether oxygens (including phenoxy) is 4. The van der Waals surface area contributed by atoms with Crippen LogP contribution in [0.2, 0.25) is 0 Å². The van der Waals surface area contributed by atoms with Gasteiger partial charge in [-0.05, 0) is 70.8 Å². The van der Waals surface area contributed by atoms with E-state index in [1.54, 1.807) is 42.2 Å². The number of amides is 2. The molecule has 0 fully saturated rings. The molecule has 5 aromatic carbocycles. The predicted molar refractivity (Wildman–Crippen MR) is 219 cm³/mol. The fraction of sp³-hybridized carbons (Fsp3) is 0.273. The highest BCUT2D eigenvalue weighted by Crippen LogP contribution is 2.30. The Morgan fingerprint density at radius 1 is 0.400 bits per heavy atom. The van der Waals surface area contributed by atoms with Crippen LogP contribution >= 0.6 is 0 Å². The van der Waals surface area contributed by atoms with Crippen molar-refractivity contribution in [1.82, 2.24) is 9.80 Å². The number of hydrogen-bond acceptors (Lipinski definition) is 9. The summed E-state index contributed by atoms with van der Waals surface area (Å²) >= 11 is 0. The van der Waals surface area contributed by atoms with E-state index in [0.29, 0.717) is 31.9 Å². The maximum absolute atomic E-state index is 14.0. The second-order valence-corrected chi connectivity index (χ2v) is 13.8. The molecule has 0 unspecified atom stereocenters. The van der Waals surface area contributed by atoms with E-state index in [1.165, 1.54) is 0 Å². The number of rotatable bonds is 15. The van der Waals surface area contributed by atoms with E-state index in [9.17, 15) is 9.59 Å². The second-order valence-electron chi connectivity index (χ2n) is 13.8. The van der Waals surface area contributed by atoms with E-state index in [-0.39, 0.29) is 11.5 Å². The fourth-order valence-electron chi connectivity index (χ4n) is 5.78. The molecule has 0 saturated carbocycles. The second kappa shape index (κ2) is 18.6. The van der Waals surface area contributed by atoms with Gasteiger partial charge in [0.25, 0.3) is 0 Å². The lowest BCUT2D eigenvalue weighted by atomic mass is 10.1. The zero-order chi connectivity index (χ0) is 39.5. The summed E-state index contributed by atoms with van der Waals surface area (Å²) in [6, 6.07) is 36.3. The molecule has 0 aliphatic heterocycles. The third-order valence-corrected chi connectivity index (χ3v) is 9.03. The van der Waals surface area contributed by atoms with Gasteiger partial charge in [0.2, 0.25) is 0 Å². The van der Waals surface area contributed by atoms with Crippen LogP contribution in [0.15, 0.2) is 115 Å². The van der Waals surface area contributed by atoms with Crippen LogP contribution in [0.4, 0.5) is 26.7 Å². The van der Waals surface area contributed by atoms with Gasteiger partial charge in [0.1, 0.15) is 23.0 Å². The van der Waals surface area contributed by atoms with E-state index < -0.39 is 12.2 Å². The molecule has 0 spiro atoms. The average Bonchev–Trinajstić information content (AvgIpc) is 3.18. The molecule has 0 N–H and O–H groups in total. The minimum Gasteiger partial charge on any atom is -0.497 e. The van der Waals surface area contributed by atoms with Crippen LogP contribution in [0.3, 0.4) is 0 Å². The highest BCUT2D eigenvalue weighted by atomic mass is 16.6. The molecule has 0 bridgehead atoms. The molecule has 0 radical (unpaired) electrons. The van der Waals surface area contributed by atoms with Crippen molar-refractivity contribution in [2.24, 2.45) is 0 Å². The Hall–Kier alpha value is -6.36. The predicted octanol–water partition coefficient (Wildman–Crippen LogP) is 8.30. The lowest BCUT2D eigenvalue weighted by Crippen LogP contribution is -2.33. The van der Waals surface area contributed by atoms with Gasteiger partial charge in [0.05, 0.1) is 14.2 Å². The third kappa shape index (κ3) is 11.3. The topological polar surface area (TPSA) is 87.3 Å². The number of benzene rings is 5. The Kier molecular flexibility index (Phi) is 13.5. The SMILES string of the molecule is COc1ccc(CN(Cc2ccc(N(C)C)cc2)C(=O)Oc2cc(OC(=O)N(Cc3ccc(OC)cc3)Cc3ccc(N(C)C)cc3)cc(N(C)C)c2)cc1. The fourth-order valence-corrected chi connectivity index (χ4v) is 5.78. The molecule has 0 saturated heterocycles. The number of anilines is 3. The number of carbonyl (C=O) groups is 2. The standard InChI is InChI=1S/C44H51N5O6/c1-45(2)36-17-9-32(10-18-36)28-48(30-34-13-21-39(52-7)22-14-34)43(50)54-41-25-38(47(5)6)26-42(27-41)55-44(51)49(31-35-15-23-40(53-8)24-16-35)29-33-11-19-37(20-12-33)46(3)4/h9-27H,28-31H2,1-8H3. The zero-order valence-corrected chi connectivity index (χ0v) is 33.0. The quantitative estimate of drug-likeness (QED) is 0.105. The maximum Gasteiger partial charge on any atom is 0.415 e. The van der Waals surface area contributed by atoms with Crippen molar-refractivity contribution < 1.29 is 28.5 Å². The van der Waals surface area contributed by atoms with Crippen molar-refractivity contribution in [3.05, 3.63) is 138 Å². The Balaban J connectivity index is 1.39. The first-order chi connectivity index (χ1) is 26.4. The van der Waals surface area contributed by atoms with Crippen LogP contribution in [0, 0.1) is 0 Å². The summed E-state index contributed by atoms with van der Waals surface area (Å²) in [5.74, 6) is 1.93. The molecule has 11 heteroatoms. The molecule has 55 heavy (non-hydrogen) atoms. The lowest BCUT2D eigenvalue weighted by Gasteiger charge is -2.25. The molecule has 0 atom stereocenters. The van der Waals surface area contributed by atoms with Gasteiger partial charge in [0, 0.05) is 104 Å². The molecular weight excluding hydrogens is 695 g/mol. The summed E-state index contributed by atoms with van der Waals surface area (Å²) in [4.78, 5) is 37.2. The summed E-state index contributed by atoms with van der Waals surface area (Å²) in [6.07, 6.45) is -1.11.